The van der Waals surface area contributed by atoms with E-state index in [0.717, 1.165) is 22.5 Å². The molecule has 23 heavy (non-hydrogen) atoms. The Kier molecular flexibility index (Phi) is 4.09. The Bertz CT molecular complexity index is 866. The maximum absolute atomic E-state index is 12.1. The van der Waals surface area contributed by atoms with Crippen LogP contribution in [0.3, 0.4) is 0 Å². The van der Waals surface area contributed by atoms with Crippen LogP contribution in [0.25, 0.3) is 16.9 Å². The number of benzene rings is 1. The van der Waals surface area contributed by atoms with Gasteiger partial charge in [0.1, 0.15) is 22.5 Å². The Labute approximate surface area is 140 Å². The molecule has 1 N–H and O–H groups in total. The van der Waals surface area contributed by atoms with E-state index in [1.807, 2.05) is 60.8 Å². The van der Waals surface area contributed by atoms with E-state index >= 15 is 0 Å². The van der Waals surface area contributed by atoms with Crippen LogP contribution in [0.15, 0.2) is 42.6 Å². The first kappa shape index (κ1) is 15.6. The summed E-state index contributed by atoms with van der Waals surface area (Å²) in [7, 11) is 0. The minimum Gasteiger partial charge on any atom is -0.309 e. The molecule has 0 aliphatic carbocycles. The van der Waals surface area contributed by atoms with Crippen molar-refractivity contribution >= 4 is 29.0 Å². The number of alkyl halides is 1. The minimum atomic E-state index is -0.615. The molecule has 1 atom stereocenters. The maximum Gasteiger partial charge on any atom is 0.243 e. The van der Waals surface area contributed by atoms with Gasteiger partial charge in [-0.05, 0) is 32.4 Å². The molecule has 1 amide bonds. The highest BCUT2D eigenvalue weighted by atomic mass is 35.5. The molecule has 0 aliphatic heterocycles. The molecule has 118 valence electrons. The Morgan fingerprint density at radius 3 is 2.43 bits per heavy atom. The van der Waals surface area contributed by atoms with Crippen LogP contribution < -0.4 is 5.32 Å². The topological polar surface area (TPSA) is 46.4 Å². The molecule has 0 saturated heterocycles. The van der Waals surface area contributed by atoms with Crippen molar-refractivity contribution in [1.82, 2.24) is 9.38 Å². The summed E-state index contributed by atoms with van der Waals surface area (Å²) in [6.07, 6.45) is 1.95. The van der Waals surface area contributed by atoms with E-state index in [-0.39, 0.29) is 5.91 Å². The molecular weight excluding hydrogens is 310 g/mol. The van der Waals surface area contributed by atoms with Crippen LogP contribution in [-0.4, -0.2) is 20.7 Å². The van der Waals surface area contributed by atoms with E-state index in [0.29, 0.717) is 5.82 Å². The minimum absolute atomic E-state index is 0.247. The van der Waals surface area contributed by atoms with E-state index in [1.165, 1.54) is 5.56 Å². The molecule has 5 heteroatoms. The molecule has 2 aromatic heterocycles. The van der Waals surface area contributed by atoms with Gasteiger partial charge in [-0.25, -0.2) is 4.98 Å². The molecule has 0 saturated carbocycles. The number of nitrogens with zero attached hydrogens (tertiary/aromatic N) is 2. The molecule has 0 fully saturated rings. The van der Waals surface area contributed by atoms with Crippen molar-refractivity contribution in [2.24, 2.45) is 0 Å². The third-order valence-electron chi connectivity index (χ3n) is 3.69. The van der Waals surface area contributed by atoms with Crippen LogP contribution in [0.4, 0.5) is 5.82 Å². The largest absolute Gasteiger partial charge is 0.309 e. The zero-order valence-corrected chi connectivity index (χ0v) is 14.1. The number of carbonyl (C=O) groups is 1. The van der Waals surface area contributed by atoms with Gasteiger partial charge in [-0.3, -0.25) is 9.20 Å². The molecule has 0 radical (unpaired) electrons. The van der Waals surface area contributed by atoms with Gasteiger partial charge in [0.15, 0.2) is 0 Å². The number of rotatable bonds is 3. The lowest BCUT2D eigenvalue weighted by molar-refractivity contribution is -0.115. The number of fused-ring (bicyclic) bond motifs is 1. The average molecular weight is 328 g/mol. The molecule has 4 nitrogen and oxygen atoms in total. The predicted octanol–water partition coefficient (Wildman–Crippen LogP) is 4.18. The predicted molar refractivity (Wildman–Crippen MR) is 94.0 cm³/mol. The molecule has 0 bridgehead atoms. The normalized spacial score (nSPS) is 12.3. The summed E-state index contributed by atoms with van der Waals surface area (Å²) in [6.45, 7) is 5.69. The monoisotopic (exact) mass is 327 g/mol. The highest BCUT2D eigenvalue weighted by Gasteiger charge is 2.18. The van der Waals surface area contributed by atoms with Crippen LogP contribution in [-0.2, 0) is 4.79 Å². The Morgan fingerprint density at radius 2 is 1.78 bits per heavy atom. The average Bonchev–Trinajstić information content (AvgIpc) is 2.86. The first-order valence-electron chi connectivity index (χ1n) is 7.46. The van der Waals surface area contributed by atoms with Crippen molar-refractivity contribution in [3.05, 3.63) is 53.7 Å². The zero-order valence-electron chi connectivity index (χ0n) is 13.3. The van der Waals surface area contributed by atoms with Crippen molar-refractivity contribution in [2.75, 3.05) is 5.32 Å². The molecule has 1 unspecified atom stereocenters. The fraction of sp³-hybridized carbons (Fsp3) is 0.222. The lowest BCUT2D eigenvalue weighted by Crippen LogP contribution is -2.21. The van der Waals surface area contributed by atoms with Gasteiger partial charge in [0, 0.05) is 11.8 Å². The van der Waals surface area contributed by atoms with Gasteiger partial charge in [-0.15, -0.1) is 11.6 Å². The molecule has 0 aliphatic rings. The summed E-state index contributed by atoms with van der Waals surface area (Å²) in [4.78, 5) is 16.8. The number of anilines is 1. The number of pyridine rings is 1. The van der Waals surface area contributed by atoms with Gasteiger partial charge in [0.25, 0.3) is 0 Å². The Hall–Kier alpha value is -2.33. The van der Waals surface area contributed by atoms with E-state index in [4.69, 9.17) is 11.6 Å². The third kappa shape index (κ3) is 3.08. The van der Waals surface area contributed by atoms with Crippen molar-refractivity contribution in [3.8, 4) is 11.3 Å². The number of aryl methyl sites for hydroxylation is 2. The second-order valence-electron chi connectivity index (χ2n) is 5.71. The van der Waals surface area contributed by atoms with Gasteiger partial charge >= 0.3 is 0 Å². The van der Waals surface area contributed by atoms with Crippen LogP contribution >= 0.6 is 11.6 Å². The molecule has 1 aromatic carbocycles. The van der Waals surface area contributed by atoms with Gasteiger partial charge in [-0.1, -0.05) is 35.9 Å². The van der Waals surface area contributed by atoms with Crippen LogP contribution in [0.1, 0.15) is 18.1 Å². The molecular formula is C18H18ClN3O. The summed E-state index contributed by atoms with van der Waals surface area (Å²) >= 11 is 5.91. The SMILES string of the molecule is Cc1ccc(-c2nc3ccc(C)cn3c2NC(=O)C(C)Cl)cc1. The highest BCUT2D eigenvalue weighted by molar-refractivity contribution is 6.32. The van der Waals surface area contributed by atoms with Crippen LogP contribution in [0.5, 0.6) is 0 Å². The number of carbonyl (C=O) groups excluding carboxylic acids is 1. The smallest absolute Gasteiger partial charge is 0.243 e. The van der Waals surface area contributed by atoms with Gasteiger partial charge in [0.05, 0.1) is 0 Å². The fourth-order valence-corrected chi connectivity index (χ4v) is 2.45. The number of hydrogen-bond acceptors (Lipinski definition) is 2. The Morgan fingerprint density at radius 1 is 1.13 bits per heavy atom. The van der Waals surface area contributed by atoms with Crippen LogP contribution in [0, 0.1) is 13.8 Å². The van der Waals surface area contributed by atoms with E-state index in [2.05, 4.69) is 10.3 Å². The van der Waals surface area contributed by atoms with Crippen molar-refractivity contribution < 1.29 is 4.79 Å². The number of hydrogen-bond donors (Lipinski definition) is 1. The summed E-state index contributed by atoms with van der Waals surface area (Å²) in [5.74, 6) is 0.397. The Balaban J connectivity index is 2.19. The molecule has 3 rings (SSSR count). The summed E-state index contributed by atoms with van der Waals surface area (Å²) in [5, 5.41) is 2.29. The molecule has 0 spiro atoms. The lowest BCUT2D eigenvalue weighted by atomic mass is 10.1. The summed E-state index contributed by atoms with van der Waals surface area (Å²) < 4.78 is 1.89. The lowest BCUT2D eigenvalue weighted by Gasteiger charge is -2.09. The van der Waals surface area contributed by atoms with Crippen LogP contribution in [0.2, 0.25) is 0 Å². The van der Waals surface area contributed by atoms with Gasteiger partial charge in [0.2, 0.25) is 5.91 Å². The number of imidazole rings is 1. The van der Waals surface area contributed by atoms with E-state index < -0.39 is 5.38 Å². The maximum atomic E-state index is 12.1. The molecule has 3 aromatic rings. The number of aromatic nitrogens is 2. The second kappa shape index (κ2) is 6.05. The zero-order chi connectivity index (χ0) is 16.6. The van der Waals surface area contributed by atoms with Crippen molar-refractivity contribution in [2.45, 2.75) is 26.1 Å². The second-order valence-corrected chi connectivity index (χ2v) is 6.37. The summed E-state index contributed by atoms with van der Waals surface area (Å²) in [6, 6.07) is 12.0. The van der Waals surface area contributed by atoms with Crippen molar-refractivity contribution in [3.63, 3.8) is 0 Å². The summed E-state index contributed by atoms with van der Waals surface area (Å²) in [5.41, 5.74) is 4.73. The standard InChI is InChI=1S/C18H18ClN3O/c1-11-4-7-14(8-5-11)16-17(21-18(23)13(3)19)22-10-12(2)6-9-15(22)20-16/h4-10,13H,1-3H3,(H,21,23). The quantitative estimate of drug-likeness (QED) is 0.733. The number of nitrogens with one attached hydrogen (secondary N) is 1. The molecule has 2 heterocycles. The fourth-order valence-electron chi connectivity index (χ4n) is 2.40. The number of amides is 1. The first-order chi connectivity index (χ1) is 11.0. The first-order valence-corrected chi connectivity index (χ1v) is 7.90. The number of halogens is 1. The van der Waals surface area contributed by atoms with Gasteiger partial charge in [-0.2, -0.15) is 0 Å². The van der Waals surface area contributed by atoms with Gasteiger partial charge < -0.3 is 5.32 Å². The van der Waals surface area contributed by atoms with Crippen molar-refractivity contribution in [1.29, 1.82) is 0 Å². The van der Waals surface area contributed by atoms with E-state index in [1.54, 1.807) is 6.92 Å². The van der Waals surface area contributed by atoms with E-state index in [9.17, 15) is 4.79 Å². The highest BCUT2D eigenvalue weighted by Crippen LogP contribution is 2.29. The third-order valence-corrected chi connectivity index (χ3v) is 3.89.